The first-order valence-corrected chi connectivity index (χ1v) is 10.1. The van der Waals surface area contributed by atoms with E-state index in [0.29, 0.717) is 19.5 Å². The Bertz CT molecular complexity index is 886. The Kier molecular flexibility index (Phi) is 6.53. The number of benzene rings is 1. The molecular weight excluding hydrogens is 395 g/mol. The van der Waals surface area contributed by atoms with Crippen molar-refractivity contribution >= 4 is 11.8 Å². The highest BCUT2D eigenvalue weighted by Gasteiger charge is 2.34. The Morgan fingerprint density at radius 1 is 1.13 bits per heavy atom. The Labute approximate surface area is 174 Å². The van der Waals surface area contributed by atoms with Crippen molar-refractivity contribution in [2.24, 2.45) is 7.05 Å². The van der Waals surface area contributed by atoms with Crippen molar-refractivity contribution in [2.75, 3.05) is 13.1 Å². The molecular formula is C22H26F3N3O2. The van der Waals surface area contributed by atoms with Crippen molar-refractivity contribution in [1.82, 2.24) is 14.4 Å². The molecule has 1 heterocycles. The first kappa shape index (κ1) is 21.9. The fourth-order valence-electron chi connectivity index (χ4n) is 3.40. The summed E-state index contributed by atoms with van der Waals surface area (Å²) in [6, 6.07) is 8.18. The predicted octanol–water partition coefficient (Wildman–Crippen LogP) is 4.09. The van der Waals surface area contributed by atoms with Gasteiger partial charge in [0.25, 0.3) is 5.91 Å². The summed E-state index contributed by atoms with van der Waals surface area (Å²) >= 11 is 0. The van der Waals surface area contributed by atoms with Gasteiger partial charge in [-0.05, 0) is 55.7 Å². The zero-order valence-electron chi connectivity index (χ0n) is 17.2. The lowest BCUT2D eigenvalue weighted by atomic mass is 10.1. The molecule has 2 amide bonds. The molecule has 0 saturated heterocycles. The van der Waals surface area contributed by atoms with Gasteiger partial charge in [0.05, 0.1) is 12.1 Å². The number of carbonyl (C=O) groups is 2. The first-order chi connectivity index (χ1) is 14.2. The summed E-state index contributed by atoms with van der Waals surface area (Å²) < 4.78 is 40.3. The Hall–Kier alpha value is -2.77. The molecule has 1 aliphatic rings. The maximum Gasteiger partial charge on any atom is 0.416 e. The average molecular weight is 421 g/mol. The minimum Gasteiger partial charge on any atom is -0.353 e. The summed E-state index contributed by atoms with van der Waals surface area (Å²) in [6.07, 6.45) is -0.0146. The fraction of sp³-hybridized carbons (Fsp3) is 0.455. The van der Waals surface area contributed by atoms with Crippen molar-refractivity contribution in [1.29, 1.82) is 0 Å². The quantitative estimate of drug-likeness (QED) is 0.645. The Morgan fingerprint density at radius 3 is 2.30 bits per heavy atom. The molecule has 30 heavy (non-hydrogen) atoms. The summed E-state index contributed by atoms with van der Waals surface area (Å²) in [6.45, 7) is 2.63. The molecule has 1 aliphatic carbocycles. The largest absolute Gasteiger partial charge is 0.416 e. The molecule has 8 heteroatoms. The highest BCUT2D eigenvalue weighted by molar-refractivity contribution is 5.96. The minimum atomic E-state index is -4.46. The van der Waals surface area contributed by atoms with Crippen LogP contribution in [0.25, 0.3) is 0 Å². The van der Waals surface area contributed by atoms with E-state index in [9.17, 15) is 22.8 Å². The summed E-state index contributed by atoms with van der Waals surface area (Å²) in [5.74, 6) is -0.582. The molecule has 162 valence electrons. The van der Waals surface area contributed by atoms with E-state index in [4.69, 9.17) is 0 Å². The molecule has 3 rings (SSSR count). The van der Waals surface area contributed by atoms with Gasteiger partial charge in [0.15, 0.2) is 0 Å². The van der Waals surface area contributed by atoms with E-state index in [2.05, 4.69) is 0 Å². The molecule has 1 aromatic heterocycles. The van der Waals surface area contributed by atoms with Crippen LogP contribution in [0.3, 0.4) is 0 Å². The van der Waals surface area contributed by atoms with E-state index < -0.39 is 17.6 Å². The second kappa shape index (κ2) is 8.93. The van der Waals surface area contributed by atoms with Crippen LogP contribution >= 0.6 is 0 Å². The number of hydrogen-bond acceptors (Lipinski definition) is 2. The molecule has 0 radical (unpaired) electrons. The number of nitrogens with zero attached hydrogens (tertiary/aromatic N) is 3. The number of halogens is 3. The molecule has 0 unspecified atom stereocenters. The lowest BCUT2D eigenvalue weighted by Crippen LogP contribution is -2.44. The summed E-state index contributed by atoms with van der Waals surface area (Å²) in [4.78, 5) is 29.1. The van der Waals surface area contributed by atoms with Crippen LogP contribution in [0.15, 0.2) is 42.6 Å². The summed E-state index contributed by atoms with van der Waals surface area (Å²) in [5, 5.41) is 0. The molecule has 1 fully saturated rings. The third kappa shape index (κ3) is 5.23. The SMILES string of the molecule is CCCN(CC(=O)N(Cc1cccn1C)C1CC1)C(=O)c1ccc(C(F)(F)F)cc1. The molecule has 0 N–H and O–H groups in total. The van der Waals surface area contributed by atoms with E-state index in [0.717, 1.165) is 30.7 Å². The molecule has 0 atom stereocenters. The summed E-state index contributed by atoms with van der Waals surface area (Å²) in [5.41, 5.74) is 0.343. The summed E-state index contributed by atoms with van der Waals surface area (Å²) in [7, 11) is 1.92. The van der Waals surface area contributed by atoms with E-state index in [1.54, 1.807) is 4.90 Å². The maximum absolute atomic E-state index is 13.0. The normalized spacial score (nSPS) is 13.9. The number of rotatable bonds is 8. The lowest BCUT2D eigenvalue weighted by molar-refractivity contribution is -0.137. The van der Waals surface area contributed by atoms with Crippen LogP contribution in [-0.4, -0.2) is 45.3 Å². The van der Waals surface area contributed by atoms with Gasteiger partial charge in [0.2, 0.25) is 5.91 Å². The first-order valence-electron chi connectivity index (χ1n) is 10.1. The van der Waals surface area contributed by atoms with Gasteiger partial charge in [0.1, 0.15) is 6.54 Å². The van der Waals surface area contributed by atoms with Gasteiger partial charge in [0, 0.05) is 37.1 Å². The predicted molar refractivity (Wildman–Crippen MR) is 107 cm³/mol. The molecule has 2 aromatic rings. The van der Waals surface area contributed by atoms with Gasteiger partial charge >= 0.3 is 6.18 Å². The van der Waals surface area contributed by atoms with E-state index in [-0.39, 0.29) is 24.1 Å². The minimum absolute atomic E-state index is 0.0887. The highest BCUT2D eigenvalue weighted by atomic mass is 19.4. The Balaban J connectivity index is 1.72. The van der Waals surface area contributed by atoms with Crippen molar-refractivity contribution in [2.45, 2.75) is 44.9 Å². The van der Waals surface area contributed by atoms with Crippen molar-refractivity contribution in [3.63, 3.8) is 0 Å². The topological polar surface area (TPSA) is 45.6 Å². The number of aryl methyl sites for hydroxylation is 1. The number of amides is 2. The van der Waals surface area contributed by atoms with Crippen LogP contribution in [0.2, 0.25) is 0 Å². The monoisotopic (exact) mass is 421 g/mol. The van der Waals surface area contributed by atoms with Gasteiger partial charge in [-0.25, -0.2) is 0 Å². The van der Waals surface area contributed by atoms with Gasteiger partial charge in [-0.1, -0.05) is 6.92 Å². The van der Waals surface area contributed by atoms with Crippen LogP contribution in [0.5, 0.6) is 0 Å². The molecule has 0 bridgehead atoms. The zero-order chi connectivity index (χ0) is 21.9. The third-order valence-electron chi connectivity index (χ3n) is 5.26. The smallest absolute Gasteiger partial charge is 0.353 e. The maximum atomic E-state index is 13.0. The van der Waals surface area contributed by atoms with E-state index >= 15 is 0 Å². The van der Waals surface area contributed by atoms with Gasteiger partial charge in [-0.3, -0.25) is 9.59 Å². The standard InChI is InChI=1S/C22H26F3N3O2/c1-3-12-27(21(30)16-6-8-17(9-7-16)22(23,24)25)15-20(29)28(18-10-11-18)14-19-5-4-13-26(19)2/h4-9,13,18H,3,10-12,14-15H2,1-2H3. The van der Waals surface area contributed by atoms with Crippen molar-refractivity contribution in [3.8, 4) is 0 Å². The molecule has 0 aliphatic heterocycles. The Morgan fingerprint density at radius 2 is 1.80 bits per heavy atom. The van der Waals surface area contributed by atoms with Crippen LogP contribution in [0.4, 0.5) is 13.2 Å². The second-order valence-corrected chi connectivity index (χ2v) is 7.67. The van der Waals surface area contributed by atoms with E-state index in [1.165, 1.54) is 17.0 Å². The zero-order valence-corrected chi connectivity index (χ0v) is 17.2. The van der Waals surface area contributed by atoms with Crippen LogP contribution in [-0.2, 0) is 24.6 Å². The number of aromatic nitrogens is 1. The number of alkyl halides is 3. The number of hydrogen-bond donors (Lipinski definition) is 0. The van der Waals surface area contributed by atoms with Crippen molar-refractivity contribution < 1.29 is 22.8 Å². The van der Waals surface area contributed by atoms with Crippen LogP contribution in [0.1, 0.15) is 47.8 Å². The molecule has 1 saturated carbocycles. The van der Waals surface area contributed by atoms with Gasteiger partial charge in [-0.15, -0.1) is 0 Å². The van der Waals surface area contributed by atoms with Crippen molar-refractivity contribution in [3.05, 3.63) is 59.4 Å². The van der Waals surface area contributed by atoms with Gasteiger partial charge in [-0.2, -0.15) is 13.2 Å². The second-order valence-electron chi connectivity index (χ2n) is 7.67. The number of carbonyl (C=O) groups excluding carboxylic acids is 2. The van der Waals surface area contributed by atoms with E-state index in [1.807, 2.05) is 36.9 Å². The molecule has 5 nitrogen and oxygen atoms in total. The fourth-order valence-corrected chi connectivity index (χ4v) is 3.40. The van der Waals surface area contributed by atoms with Crippen LogP contribution in [0, 0.1) is 0 Å². The van der Waals surface area contributed by atoms with Crippen LogP contribution < -0.4 is 0 Å². The lowest BCUT2D eigenvalue weighted by Gasteiger charge is -2.28. The van der Waals surface area contributed by atoms with Gasteiger partial charge < -0.3 is 14.4 Å². The average Bonchev–Trinajstić information content (AvgIpc) is 3.46. The highest BCUT2D eigenvalue weighted by Crippen LogP contribution is 2.30. The molecule has 0 spiro atoms. The third-order valence-corrected chi connectivity index (χ3v) is 5.26. The molecule has 1 aromatic carbocycles.